The van der Waals surface area contributed by atoms with E-state index in [1.807, 2.05) is 37.5 Å². The molecule has 2 rings (SSSR count). The van der Waals surface area contributed by atoms with Crippen LogP contribution in [-0.2, 0) is 6.54 Å². The number of aryl methyl sites for hydroxylation is 2. The van der Waals surface area contributed by atoms with Gasteiger partial charge in [0.25, 0.3) is 0 Å². The van der Waals surface area contributed by atoms with Crippen molar-refractivity contribution in [1.82, 2.24) is 24.7 Å². The van der Waals surface area contributed by atoms with Gasteiger partial charge in [-0.25, -0.2) is 9.97 Å². The Balaban J connectivity index is 1.94. The summed E-state index contributed by atoms with van der Waals surface area (Å²) in [6, 6.07) is 0. The molecule has 2 aromatic rings. The summed E-state index contributed by atoms with van der Waals surface area (Å²) < 4.78 is 1.82. The first-order valence-corrected chi connectivity index (χ1v) is 6.67. The second kappa shape index (κ2) is 6.31. The zero-order valence-corrected chi connectivity index (χ0v) is 12.5. The molecule has 108 valence electrons. The molecule has 0 unspecified atom stereocenters. The molecule has 0 saturated heterocycles. The van der Waals surface area contributed by atoms with Crippen LogP contribution in [-0.4, -0.2) is 45.4 Å². The Labute approximate surface area is 119 Å². The summed E-state index contributed by atoms with van der Waals surface area (Å²) in [4.78, 5) is 14.8. The lowest BCUT2D eigenvalue weighted by atomic mass is 10.2. The summed E-state index contributed by atoms with van der Waals surface area (Å²) in [5.41, 5.74) is 2.10. The third kappa shape index (κ3) is 3.43. The van der Waals surface area contributed by atoms with Crippen LogP contribution in [0.5, 0.6) is 0 Å². The highest BCUT2D eigenvalue weighted by Gasteiger charge is 2.08. The van der Waals surface area contributed by atoms with Crippen LogP contribution in [0.25, 0.3) is 0 Å². The molecule has 1 N–H and O–H groups in total. The zero-order chi connectivity index (χ0) is 14.5. The molecule has 7 heteroatoms. The molecule has 0 aliphatic heterocycles. The Bertz CT molecular complexity index is 548. The van der Waals surface area contributed by atoms with Crippen molar-refractivity contribution in [3.63, 3.8) is 0 Å². The van der Waals surface area contributed by atoms with E-state index in [1.54, 1.807) is 12.7 Å². The van der Waals surface area contributed by atoms with Gasteiger partial charge in [0.05, 0.1) is 0 Å². The predicted molar refractivity (Wildman–Crippen MR) is 79.0 cm³/mol. The average Bonchev–Trinajstić information content (AvgIpc) is 2.92. The zero-order valence-electron chi connectivity index (χ0n) is 12.5. The van der Waals surface area contributed by atoms with Gasteiger partial charge in [-0.1, -0.05) is 0 Å². The lowest BCUT2D eigenvalue weighted by molar-refractivity contribution is 0.589. The molecule has 0 aliphatic rings. The van der Waals surface area contributed by atoms with Gasteiger partial charge in [-0.2, -0.15) is 10.1 Å². The lowest BCUT2D eigenvalue weighted by Gasteiger charge is -2.16. The quantitative estimate of drug-likeness (QED) is 0.800. The van der Waals surface area contributed by atoms with Crippen molar-refractivity contribution in [2.45, 2.75) is 26.8 Å². The van der Waals surface area contributed by atoms with Crippen LogP contribution in [0.4, 0.5) is 11.8 Å². The minimum absolute atomic E-state index is 0.729. The Morgan fingerprint density at radius 3 is 2.70 bits per heavy atom. The highest BCUT2D eigenvalue weighted by atomic mass is 15.3. The van der Waals surface area contributed by atoms with E-state index in [2.05, 4.69) is 25.4 Å². The molecule has 2 aromatic heterocycles. The normalized spacial score (nSPS) is 10.6. The molecule has 0 amide bonds. The van der Waals surface area contributed by atoms with Gasteiger partial charge in [-0.3, -0.25) is 4.68 Å². The van der Waals surface area contributed by atoms with Crippen LogP contribution in [0, 0.1) is 13.8 Å². The third-order valence-corrected chi connectivity index (χ3v) is 3.10. The monoisotopic (exact) mass is 275 g/mol. The van der Waals surface area contributed by atoms with Crippen molar-refractivity contribution in [1.29, 1.82) is 0 Å². The fraction of sp³-hybridized carbons (Fsp3) is 0.538. The van der Waals surface area contributed by atoms with Gasteiger partial charge >= 0.3 is 0 Å². The van der Waals surface area contributed by atoms with Crippen LogP contribution in [0.15, 0.2) is 12.7 Å². The predicted octanol–water partition coefficient (Wildman–Crippen LogP) is 1.25. The summed E-state index contributed by atoms with van der Waals surface area (Å²) in [6.45, 7) is 5.72. The van der Waals surface area contributed by atoms with Gasteiger partial charge < -0.3 is 10.2 Å². The van der Waals surface area contributed by atoms with Gasteiger partial charge in [0.1, 0.15) is 18.5 Å². The van der Waals surface area contributed by atoms with Gasteiger partial charge in [0.15, 0.2) is 0 Å². The standard InChI is InChI=1S/C13H21N7/c1-10-11(2)17-13(19(3)4)18-12(10)15-6-5-7-20-9-14-8-16-20/h8-9H,5-7H2,1-4H3,(H,15,17,18). The minimum Gasteiger partial charge on any atom is -0.370 e. The number of rotatable bonds is 6. The van der Waals surface area contributed by atoms with Gasteiger partial charge in [-0.15, -0.1) is 0 Å². The molecule has 0 spiro atoms. The lowest BCUT2D eigenvalue weighted by Crippen LogP contribution is -2.16. The molecule has 0 atom stereocenters. The second-order valence-corrected chi connectivity index (χ2v) is 4.92. The largest absolute Gasteiger partial charge is 0.370 e. The van der Waals surface area contributed by atoms with Crippen LogP contribution in [0.2, 0.25) is 0 Å². The summed E-state index contributed by atoms with van der Waals surface area (Å²) in [7, 11) is 3.89. The smallest absolute Gasteiger partial charge is 0.227 e. The van der Waals surface area contributed by atoms with E-state index >= 15 is 0 Å². The molecule has 2 heterocycles. The molecular formula is C13H21N7. The summed E-state index contributed by atoms with van der Waals surface area (Å²) in [5.74, 6) is 1.63. The van der Waals surface area contributed by atoms with Crippen LogP contribution < -0.4 is 10.2 Å². The minimum atomic E-state index is 0.729. The van der Waals surface area contributed by atoms with Crippen molar-refractivity contribution >= 4 is 11.8 Å². The van der Waals surface area contributed by atoms with E-state index in [0.29, 0.717) is 0 Å². The van der Waals surface area contributed by atoms with Crippen LogP contribution in [0.1, 0.15) is 17.7 Å². The van der Waals surface area contributed by atoms with Crippen LogP contribution >= 0.6 is 0 Å². The molecule has 0 aliphatic carbocycles. The molecule has 0 bridgehead atoms. The second-order valence-electron chi connectivity index (χ2n) is 4.92. The SMILES string of the molecule is Cc1nc(N(C)C)nc(NCCCn2cncn2)c1C. The number of nitrogens with zero attached hydrogens (tertiary/aromatic N) is 6. The summed E-state index contributed by atoms with van der Waals surface area (Å²) in [5, 5.41) is 7.45. The first kappa shape index (κ1) is 14.2. The van der Waals surface area contributed by atoms with Crippen LogP contribution in [0.3, 0.4) is 0 Å². The molecular weight excluding hydrogens is 254 g/mol. The first-order chi connectivity index (χ1) is 9.58. The van der Waals surface area contributed by atoms with Gasteiger partial charge in [0, 0.05) is 38.4 Å². The van der Waals surface area contributed by atoms with Crippen molar-refractivity contribution in [2.24, 2.45) is 0 Å². The Kier molecular flexibility index (Phi) is 4.49. The van der Waals surface area contributed by atoms with Crippen molar-refractivity contribution in [3.8, 4) is 0 Å². The number of hydrogen-bond acceptors (Lipinski definition) is 6. The molecule has 7 nitrogen and oxygen atoms in total. The van der Waals surface area contributed by atoms with E-state index in [4.69, 9.17) is 0 Å². The average molecular weight is 275 g/mol. The van der Waals surface area contributed by atoms with E-state index in [-0.39, 0.29) is 0 Å². The number of nitrogens with one attached hydrogen (secondary N) is 1. The Hall–Kier alpha value is -2.18. The highest BCUT2D eigenvalue weighted by Crippen LogP contribution is 2.18. The van der Waals surface area contributed by atoms with Crippen molar-refractivity contribution in [3.05, 3.63) is 23.9 Å². The maximum Gasteiger partial charge on any atom is 0.227 e. The number of hydrogen-bond donors (Lipinski definition) is 1. The third-order valence-electron chi connectivity index (χ3n) is 3.10. The van der Waals surface area contributed by atoms with E-state index in [0.717, 1.165) is 42.5 Å². The first-order valence-electron chi connectivity index (χ1n) is 6.67. The Morgan fingerprint density at radius 1 is 1.25 bits per heavy atom. The molecule has 0 aromatic carbocycles. The molecule has 0 fully saturated rings. The summed E-state index contributed by atoms with van der Waals surface area (Å²) in [6.07, 6.45) is 4.24. The maximum absolute atomic E-state index is 4.54. The van der Waals surface area contributed by atoms with Gasteiger partial charge in [0.2, 0.25) is 5.95 Å². The summed E-state index contributed by atoms with van der Waals surface area (Å²) >= 11 is 0. The molecule has 0 saturated carbocycles. The Morgan fingerprint density at radius 2 is 2.05 bits per heavy atom. The topological polar surface area (TPSA) is 71.8 Å². The van der Waals surface area contributed by atoms with Crippen molar-refractivity contribution < 1.29 is 0 Å². The highest BCUT2D eigenvalue weighted by molar-refractivity contribution is 5.49. The molecule has 0 radical (unpaired) electrons. The van der Waals surface area contributed by atoms with E-state index < -0.39 is 0 Å². The van der Waals surface area contributed by atoms with Crippen molar-refractivity contribution in [2.75, 3.05) is 30.9 Å². The maximum atomic E-state index is 4.54. The van der Waals surface area contributed by atoms with Gasteiger partial charge in [-0.05, 0) is 20.3 Å². The fourth-order valence-corrected chi connectivity index (χ4v) is 1.78. The van der Waals surface area contributed by atoms with E-state index in [1.165, 1.54) is 0 Å². The van der Waals surface area contributed by atoms with E-state index in [9.17, 15) is 0 Å². The molecule has 20 heavy (non-hydrogen) atoms. The number of anilines is 2. The number of aromatic nitrogens is 5. The fourth-order valence-electron chi connectivity index (χ4n) is 1.78.